The van der Waals surface area contributed by atoms with Gasteiger partial charge in [-0.05, 0) is 93.0 Å². The third kappa shape index (κ3) is 7.31. The summed E-state index contributed by atoms with van der Waals surface area (Å²) < 4.78 is 66.4. The van der Waals surface area contributed by atoms with E-state index in [2.05, 4.69) is 10.3 Å². The summed E-state index contributed by atoms with van der Waals surface area (Å²) in [6.07, 6.45) is -2.70. The van der Waals surface area contributed by atoms with Gasteiger partial charge in [0.05, 0.1) is 12.0 Å². The van der Waals surface area contributed by atoms with Gasteiger partial charge in [0.2, 0.25) is 10.0 Å². The van der Waals surface area contributed by atoms with Crippen LogP contribution in [0.15, 0.2) is 46.8 Å². The molecule has 3 aliphatic heterocycles. The average Bonchev–Trinajstić information content (AvgIpc) is 3.26. The number of carbonyl (C=O) groups excluding carboxylic acids is 2. The van der Waals surface area contributed by atoms with Crippen molar-refractivity contribution in [2.75, 3.05) is 26.2 Å². The fourth-order valence-electron chi connectivity index (χ4n) is 6.14. The molecule has 2 N–H and O–H groups in total. The van der Waals surface area contributed by atoms with Crippen LogP contribution in [-0.4, -0.2) is 83.9 Å². The molecule has 0 bridgehead atoms. The second kappa shape index (κ2) is 12.0. The number of carbonyl (C=O) groups is 2. The molecule has 0 aliphatic carbocycles. The first-order valence-corrected chi connectivity index (χ1v) is 16.4. The summed E-state index contributed by atoms with van der Waals surface area (Å²) in [6, 6.07) is 9.25. The Morgan fingerprint density at radius 2 is 1.67 bits per heavy atom. The summed E-state index contributed by atoms with van der Waals surface area (Å²) >= 11 is 0. The van der Waals surface area contributed by atoms with Crippen LogP contribution in [0.25, 0.3) is 6.08 Å². The van der Waals surface area contributed by atoms with Crippen molar-refractivity contribution in [3.63, 3.8) is 0 Å². The average molecular weight is 647 g/mol. The molecular formula is C32H37F3N4O5S. The summed E-state index contributed by atoms with van der Waals surface area (Å²) in [4.78, 5) is 32.3. The monoisotopic (exact) mass is 646 g/mol. The van der Waals surface area contributed by atoms with Crippen molar-refractivity contribution < 1.29 is 36.3 Å². The predicted molar refractivity (Wildman–Crippen MR) is 164 cm³/mol. The first-order chi connectivity index (χ1) is 21.0. The molecule has 1 spiro atoms. The van der Waals surface area contributed by atoms with E-state index < -0.39 is 39.7 Å². The lowest BCUT2D eigenvalue weighted by Gasteiger charge is -2.36. The van der Waals surface area contributed by atoms with Crippen molar-refractivity contribution >= 4 is 33.7 Å². The lowest BCUT2D eigenvalue weighted by molar-refractivity contribution is -0.127. The molecule has 2 amide bonds. The highest BCUT2D eigenvalue weighted by atomic mass is 32.2. The quantitative estimate of drug-likeness (QED) is 0.490. The Balaban J connectivity index is 1.25. The third-order valence-electron chi connectivity index (χ3n) is 8.87. The molecule has 0 aromatic heterocycles. The minimum absolute atomic E-state index is 0.0408. The molecule has 242 valence electrons. The molecule has 5 rings (SSSR count). The van der Waals surface area contributed by atoms with Gasteiger partial charge >= 0.3 is 6.18 Å². The van der Waals surface area contributed by atoms with Crippen LogP contribution in [0.3, 0.4) is 0 Å². The minimum atomic E-state index is -4.37. The van der Waals surface area contributed by atoms with Crippen LogP contribution < -0.4 is 5.32 Å². The Bertz CT molecular complexity index is 1640. The number of hydrogen-bond acceptors (Lipinski definition) is 6. The van der Waals surface area contributed by atoms with E-state index in [4.69, 9.17) is 0 Å². The predicted octanol–water partition coefficient (Wildman–Crippen LogP) is 4.11. The van der Waals surface area contributed by atoms with Crippen LogP contribution in [0.4, 0.5) is 13.2 Å². The van der Waals surface area contributed by atoms with Gasteiger partial charge in [-0.2, -0.15) is 17.5 Å². The summed E-state index contributed by atoms with van der Waals surface area (Å²) in [5.74, 6) is -0.347. The van der Waals surface area contributed by atoms with Crippen LogP contribution in [0.1, 0.15) is 70.8 Å². The summed E-state index contributed by atoms with van der Waals surface area (Å²) in [6.45, 7) is 6.40. The van der Waals surface area contributed by atoms with Crippen molar-refractivity contribution in [2.24, 2.45) is 4.99 Å². The number of alkyl halides is 3. The largest absolute Gasteiger partial charge is 0.393 e. The number of nitrogens with zero attached hydrogens (tertiary/aromatic N) is 3. The van der Waals surface area contributed by atoms with E-state index in [1.165, 1.54) is 28.6 Å². The lowest BCUT2D eigenvalue weighted by atomic mass is 9.89. The van der Waals surface area contributed by atoms with Gasteiger partial charge in [-0.15, -0.1) is 0 Å². The highest BCUT2D eigenvalue weighted by Gasteiger charge is 2.47. The van der Waals surface area contributed by atoms with Crippen molar-refractivity contribution in [2.45, 2.75) is 70.2 Å². The van der Waals surface area contributed by atoms with Crippen LogP contribution >= 0.6 is 0 Å². The fraction of sp³-hybridized carbons (Fsp3) is 0.469. The molecule has 2 aromatic rings. The summed E-state index contributed by atoms with van der Waals surface area (Å²) in [5, 5.41) is 14.0. The number of piperidine rings is 2. The molecule has 2 aromatic carbocycles. The van der Waals surface area contributed by atoms with Gasteiger partial charge in [0, 0.05) is 42.7 Å². The zero-order chi connectivity index (χ0) is 32.8. The number of nitrogens with one attached hydrogen (secondary N) is 1. The number of amides is 2. The fourth-order valence-corrected chi connectivity index (χ4v) is 7.31. The van der Waals surface area contributed by atoms with Gasteiger partial charge in [-0.25, -0.2) is 8.42 Å². The maximum absolute atomic E-state index is 13.3. The SMILES string of the molecule is Cc1cc(C(=O)N2CCC(C)(O)CC2)cc(C)c1/C=C/S(=O)(=O)N1CCC2(CC1)N=C(c1cccc(CC(F)(F)F)c1)NC2=O. The molecular weight excluding hydrogens is 609 g/mol. The van der Waals surface area contributed by atoms with E-state index in [1.54, 1.807) is 30.0 Å². The van der Waals surface area contributed by atoms with E-state index in [-0.39, 0.29) is 43.2 Å². The number of hydrogen-bond donors (Lipinski definition) is 2. The number of sulfonamides is 1. The van der Waals surface area contributed by atoms with Crippen LogP contribution in [0.5, 0.6) is 0 Å². The Morgan fingerprint density at radius 3 is 2.27 bits per heavy atom. The van der Waals surface area contributed by atoms with E-state index in [1.807, 2.05) is 13.8 Å². The van der Waals surface area contributed by atoms with Crippen molar-refractivity contribution in [3.05, 3.63) is 75.2 Å². The Kier molecular flexibility index (Phi) is 8.75. The third-order valence-corrected chi connectivity index (χ3v) is 10.4. The zero-order valence-electron chi connectivity index (χ0n) is 25.4. The van der Waals surface area contributed by atoms with Crippen LogP contribution in [0.2, 0.25) is 0 Å². The maximum Gasteiger partial charge on any atom is 0.393 e. The molecule has 2 saturated heterocycles. The van der Waals surface area contributed by atoms with E-state index in [0.29, 0.717) is 42.6 Å². The maximum atomic E-state index is 13.3. The topological polar surface area (TPSA) is 119 Å². The van der Waals surface area contributed by atoms with E-state index in [9.17, 15) is 36.3 Å². The first kappa shape index (κ1) is 32.8. The standard InChI is InChI=1S/C32H37F3N4O5S/c1-21-17-25(28(40)38-12-8-30(3,42)9-13-38)18-22(2)26(21)7-16-45(43,44)39-14-10-31(11-15-39)29(41)36-27(37-31)24-6-4-5-23(19-24)20-32(33,34)35/h4-7,16-19,42H,8-15,20H2,1-3H3,(H,36,37,41)/b16-7+. The molecule has 3 aliphatic rings. The number of aliphatic hydroxyl groups is 1. The number of aliphatic imine (C=N–C) groups is 1. The smallest absolute Gasteiger partial charge is 0.390 e. The first-order valence-electron chi connectivity index (χ1n) is 14.9. The van der Waals surface area contributed by atoms with Gasteiger partial charge in [0.25, 0.3) is 11.8 Å². The van der Waals surface area contributed by atoms with Gasteiger partial charge in [-0.3, -0.25) is 14.6 Å². The normalized spacial score (nSPS) is 20.5. The number of aryl methyl sites for hydroxylation is 2. The van der Waals surface area contributed by atoms with Crippen LogP contribution in [0, 0.1) is 13.8 Å². The second-order valence-electron chi connectivity index (χ2n) is 12.5. The minimum Gasteiger partial charge on any atom is -0.390 e. The van der Waals surface area contributed by atoms with Crippen molar-refractivity contribution in [3.8, 4) is 0 Å². The molecule has 0 atom stereocenters. The van der Waals surface area contributed by atoms with Gasteiger partial charge in [-0.1, -0.05) is 18.2 Å². The highest BCUT2D eigenvalue weighted by molar-refractivity contribution is 7.92. The molecule has 9 nitrogen and oxygen atoms in total. The number of halogens is 3. The molecule has 45 heavy (non-hydrogen) atoms. The van der Waals surface area contributed by atoms with E-state index >= 15 is 0 Å². The molecule has 0 saturated carbocycles. The van der Waals surface area contributed by atoms with Gasteiger partial charge in [0.15, 0.2) is 0 Å². The number of likely N-dealkylation sites (tertiary alicyclic amines) is 1. The van der Waals surface area contributed by atoms with Gasteiger partial charge < -0.3 is 15.3 Å². The molecule has 0 radical (unpaired) electrons. The van der Waals surface area contributed by atoms with Crippen molar-refractivity contribution in [1.29, 1.82) is 0 Å². The van der Waals surface area contributed by atoms with Crippen LogP contribution in [-0.2, 0) is 21.2 Å². The summed E-state index contributed by atoms with van der Waals surface area (Å²) in [5.41, 5.74) is 1.14. The number of amidine groups is 1. The van der Waals surface area contributed by atoms with Gasteiger partial charge in [0.1, 0.15) is 11.4 Å². The van der Waals surface area contributed by atoms with Crippen molar-refractivity contribution in [1.82, 2.24) is 14.5 Å². The summed E-state index contributed by atoms with van der Waals surface area (Å²) in [7, 11) is -3.85. The molecule has 13 heteroatoms. The molecule has 3 heterocycles. The molecule has 2 fully saturated rings. The van der Waals surface area contributed by atoms with E-state index in [0.717, 1.165) is 16.5 Å². The Hall–Kier alpha value is -3.55. The Labute approximate surface area is 260 Å². The zero-order valence-corrected chi connectivity index (χ0v) is 26.3. The second-order valence-corrected chi connectivity index (χ2v) is 14.3. The number of rotatable bonds is 6. The number of benzene rings is 2. The molecule has 0 unspecified atom stereocenters. The lowest BCUT2D eigenvalue weighted by Crippen LogP contribution is -2.50. The Morgan fingerprint density at radius 1 is 1.04 bits per heavy atom. The highest BCUT2D eigenvalue weighted by Crippen LogP contribution is 2.33.